The van der Waals surface area contributed by atoms with Crippen molar-refractivity contribution < 1.29 is 14.7 Å². The van der Waals surface area contributed by atoms with Gasteiger partial charge in [-0.1, -0.05) is 29.3 Å². The van der Waals surface area contributed by atoms with Gasteiger partial charge in [-0.3, -0.25) is 9.69 Å². The van der Waals surface area contributed by atoms with Crippen LogP contribution in [-0.2, 0) is 11.3 Å². The van der Waals surface area contributed by atoms with Crippen LogP contribution in [-0.4, -0.2) is 76.2 Å². The maximum Gasteiger partial charge on any atom is 0.328 e. The largest absolute Gasteiger partial charge is 0.393 e. The molecule has 2 heterocycles. The third-order valence-electron chi connectivity index (χ3n) is 6.04. The third-order valence-corrected chi connectivity index (χ3v) is 6.78. The molecule has 1 aromatic rings. The second kappa shape index (κ2) is 8.24. The van der Waals surface area contributed by atoms with E-state index in [1.807, 2.05) is 0 Å². The summed E-state index contributed by atoms with van der Waals surface area (Å²) in [5.41, 5.74) is 0.717. The van der Waals surface area contributed by atoms with Gasteiger partial charge in [0, 0.05) is 20.1 Å². The molecule has 3 aliphatic rings. The Morgan fingerprint density at radius 2 is 1.93 bits per heavy atom. The van der Waals surface area contributed by atoms with E-state index in [1.165, 1.54) is 9.80 Å². The minimum absolute atomic E-state index is 0.0959. The average molecular weight is 454 g/mol. The molecule has 2 unspecified atom stereocenters. The molecule has 10 heteroatoms. The fourth-order valence-electron chi connectivity index (χ4n) is 4.35. The number of nitrogens with one attached hydrogen (secondary N) is 1. The van der Waals surface area contributed by atoms with E-state index < -0.39 is 18.2 Å². The SMILES string of the molecule is CN1C(=O)N(Cc2ccc(Cl)c(Cl)c2)C(=O)C2C1N=C(N[C@@H]1CCC[C@H](O)C1)N2C. The molecule has 3 amide bonds. The molecule has 1 aromatic carbocycles. The third kappa shape index (κ3) is 3.84. The predicted molar refractivity (Wildman–Crippen MR) is 114 cm³/mol. The molecular formula is C20H25Cl2N5O3. The van der Waals surface area contributed by atoms with Crippen LogP contribution in [0.15, 0.2) is 23.2 Å². The van der Waals surface area contributed by atoms with Gasteiger partial charge in [0.05, 0.1) is 22.7 Å². The van der Waals surface area contributed by atoms with E-state index >= 15 is 0 Å². The summed E-state index contributed by atoms with van der Waals surface area (Å²) < 4.78 is 0. The van der Waals surface area contributed by atoms with Crippen LogP contribution in [0.5, 0.6) is 0 Å². The highest BCUT2D eigenvalue weighted by molar-refractivity contribution is 6.42. The first-order valence-corrected chi connectivity index (χ1v) is 10.8. The normalized spacial score (nSPS) is 29.2. The topological polar surface area (TPSA) is 88.5 Å². The summed E-state index contributed by atoms with van der Waals surface area (Å²) in [7, 11) is 3.45. The zero-order chi connectivity index (χ0) is 21.6. The lowest BCUT2D eigenvalue weighted by atomic mass is 9.93. The standard InChI is InChI=1S/C20H25Cl2N5O3/c1-25-16-17(24-19(25)23-12-4-3-5-13(28)9-12)26(2)20(30)27(18(16)29)10-11-6-7-14(21)15(22)8-11/h6-8,12-13,16-17,28H,3-5,9-10H2,1-2H3,(H,23,24)/t12-,13+,16?,17?/m1/s1. The number of rotatable bonds is 3. The van der Waals surface area contributed by atoms with Gasteiger partial charge in [0.2, 0.25) is 0 Å². The summed E-state index contributed by atoms with van der Waals surface area (Å²) in [6.45, 7) is 0.105. The van der Waals surface area contributed by atoms with Crippen LogP contribution in [0.1, 0.15) is 31.2 Å². The number of aliphatic hydroxyl groups is 1. The number of carbonyl (C=O) groups excluding carboxylic acids is 2. The van der Waals surface area contributed by atoms with Gasteiger partial charge in [-0.15, -0.1) is 0 Å². The van der Waals surface area contributed by atoms with Crippen molar-refractivity contribution in [1.29, 1.82) is 0 Å². The van der Waals surface area contributed by atoms with E-state index in [2.05, 4.69) is 10.3 Å². The minimum atomic E-state index is -0.605. The number of aliphatic imine (C=N–C) groups is 1. The average Bonchev–Trinajstić information content (AvgIpc) is 3.03. The number of imide groups is 1. The second-order valence-electron chi connectivity index (χ2n) is 8.15. The maximum absolute atomic E-state index is 13.3. The Balaban J connectivity index is 1.52. The quantitative estimate of drug-likeness (QED) is 0.732. The molecule has 1 saturated carbocycles. The molecule has 0 aromatic heterocycles. The molecule has 30 heavy (non-hydrogen) atoms. The number of hydrogen-bond donors (Lipinski definition) is 2. The van der Waals surface area contributed by atoms with Crippen molar-refractivity contribution in [2.45, 2.75) is 56.6 Å². The summed E-state index contributed by atoms with van der Waals surface area (Å²) in [5, 5.41) is 14.1. The number of fused-ring (bicyclic) bond motifs is 1. The van der Waals surface area contributed by atoms with Gasteiger partial charge in [0.25, 0.3) is 5.91 Å². The van der Waals surface area contributed by atoms with E-state index in [0.717, 1.165) is 19.3 Å². The molecule has 8 nitrogen and oxygen atoms in total. The Morgan fingerprint density at radius 1 is 1.17 bits per heavy atom. The van der Waals surface area contributed by atoms with Crippen molar-refractivity contribution >= 4 is 41.1 Å². The Hall–Kier alpha value is -2.03. The minimum Gasteiger partial charge on any atom is -0.393 e. The summed E-state index contributed by atoms with van der Waals surface area (Å²) in [6, 6.07) is 4.14. The Morgan fingerprint density at radius 3 is 2.63 bits per heavy atom. The number of benzene rings is 1. The zero-order valence-electron chi connectivity index (χ0n) is 16.9. The molecule has 0 radical (unpaired) electrons. The fraction of sp³-hybridized carbons (Fsp3) is 0.550. The van der Waals surface area contributed by atoms with Crippen molar-refractivity contribution in [3.8, 4) is 0 Å². The lowest BCUT2D eigenvalue weighted by Gasteiger charge is -2.40. The van der Waals surface area contributed by atoms with Crippen molar-refractivity contribution in [1.82, 2.24) is 20.0 Å². The molecule has 2 fully saturated rings. The molecule has 1 aliphatic carbocycles. The van der Waals surface area contributed by atoms with Gasteiger partial charge in [-0.2, -0.15) is 0 Å². The lowest BCUT2D eigenvalue weighted by Crippen LogP contribution is -2.64. The number of likely N-dealkylation sites (N-methyl/N-ethyl adjacent to an activating group) is 2. The Bertz CT molecular complexity index is 895. The second-order valence-corrected chi connectivity index (χ2v) is 8.96. The molecule has 0 bridgehead atoms. The van der Waals surface area contributed by atoms with Gasteiger partial charge < -0.3 is 20.2 Å². The predicted octanol–water partition coefficient (Wildman–Crippen LogP) is 2.28. The van der Waals surface area contributed by atoms with E-state index in [0.29, 0.717) is 28.0 Å². The van der Waals surface area contributed by atoms with E-state index in [-0.39, 0.29) is 24.6 Å². The zero-order valence-corrected chi connectivity index (χ0v) is 18.4. The molecule has 1 saturated heterocycles. The van der Waals surface area contributed by atoms with Crippen molar-refractivity contribution in [2.75, 3.05) is 14.1 Å². The van der Waals surface area contributed by atoms with Crippen LogP contribution in [0.4, 0.5) is 4.79 Å². The highest BCUT2D eigenvalue weighted by atomic mass is 35.5. The summed E-state index contributed by atoms with van der Waals surface area (Å²) in [4.78, 5) is 35.3. The lowest BCUT2D eigenvalue weighted by molar-refractivity contribution is -0.137. The van der Waals surface area contributed by atoms with E-state index in [4.69, 9.17) is 23.2 Å². The van der Waals surface area contributed by atoms with Crippen LogP contribution in [0, 0.1) is 0 Å². The first-order valence-electron chi connectivity index (χ1n) is 10.0. The molecule has 162 valence electrons. The van der Waals surface area contributed by atoms with Crippen LogP contribution in [0.25, 0.3) is 0 Å². The van der Waals surface area contributed by atoms with Gasteiger partial charge in [0.1, 0.15) is 0 Å². The van der Waals surface area contributed by atoms with Gasteiger partial charge >= 0.3 is 6.03 Å². The van der Waals surface area contributed by atoms with E-state index in [9.17, 15) is 14.7 Å². The number of nitrogens with zero attached hydrogens (tertiary/aromatic N) is 4. The number of aliphatic hydroxyl groups excluding tert-OH is 1. The van der Waals surface area contributed by atoms with Crippen molar-refractivity contribution in [3.05, 3.63) is 33.8 Å². The number of halogens is 2. The summed E-state index contributed by atoms with van der Waals surface area (Å²) >= 11 is 12.1. The van der Waals surface area contributed by atoms with Gasteiger partial charge in [-0.25, -0.2) is 9.79 Å². The maximum atomic E-state index is 13.3. The molecule has 4 atom stereocenters. The van der Waals surface area contributed by atoms with Crippen LogP contribution >= 0.6 is 23.2 Å². The van der Waals surface area contributed by atoms with Gasteiger partial charge in [-0.05, 0) is 43.4 Å². The molecule has 0 spiro atoms. The molecule has 2 N–H and O–H groups in total. The Kier molecular flexibility index (Phi) is 5.83. The summed E-state index contributed by atoms with van der Waals surface area (Å²) in [6.07, 6.45) is 2.43. The number of guanidine groups is 1. The van der Waals surface area contributed by atoms with Crippen LogP contribution < -0.4 is 5.32 Å². The fourth-order valence-corrected chi connectivity index (χ4v) is 4.67. The van der Waals surface area contributed by atoms with Gasteiger partial charge in [0.15, 0.2) is 18.2 Å². The molecule has 4 rings (SSSR count). The first kappa shape index (κ1) is 21.2. The number of amides is 3. The van der Waals surface area contributed by atoms with E-state index in [1.54, 1.807) is 37.2 Å². The van der Waals surface area contributed by atoms with Crippen molar-refractivity contribution in [2.24, 2.45) is 4.99 Å². The molecule has 2 aliphatic heterocycles. The smallest absolute Gasteiger partial charge is 0.328 e. The first-order chi connectivity index (χ1) is 14.3. The van der Waals surface area contributed by atoms with Crippen LogP contribution in [0.3, 0.4) is 0 Å². The number of carbonyl (C=O) groups is 2. The van der Waals surface area contributed by atoms with Crippen LogP contribution in [0.2, 0.25) is 10.0 Å². The Labute approximate surface area is 185 Å². The van der Waals surface area contributed by atoms with Crippen molar-refractivity contribution in [3.63, 3.8) is 0 Å². The summed E-state index contributed by atoms with van der Waals surface area (Å²) in [5.74, 6) is 0.273. The molecular weight excluding hydrogens is 429 g/mol. The highest BCUT2D eigenvalue weighted by Crippen LogP contribution is 2.29. The monoisotopic (exact) mass is 453 g/mol. The highest BCUT2D eigenvalue weighted by Gasteiger charge is 2.51. The number of hydrogen-bond acceptors (Lipinski definition) is 6. The number of urea groups is 1.